The molecular formula is C18H18N2O5. The van der Waals surface area contributed by atoms with Crippen LogP contribution in [0.4, 0.5) is 5.69 Å². The molecule has 2 unspecified atom stereocenters. The Kier molecular flexibility index (Phi) is 5.84. The van der Waals surface area contributed by atoms with Crippen molar-refractivity contribution >= 4 is 17.6 Å². The topological polar surface area (TPSA) is 110 Å². The maximum absolute atomic E-state index is 12.3. The van der Waals surface area contributed by atoms with Crippen LogP contribution in [-0.4, -0.2) is 27.9 Å². The Balaban J connectivity index is 2.25. The number of nitrogens with zero attached hydrogens (tertiary/aromatic N) is 1. The van der Waals surface area contributed by atoms with E-state index in [-0.39, 0.29) is 5.69 Å². The summed E-state index contributed by atoms with van der Waals surface area (Å²) >= 11 is 0. The third-order valence-electron chi connectivity index (χ3n) is 3.96. The van der Waals surface area contributed by atoms with Crippen molar-refractivity contribution < 1.29 is 19.6 Å². The van der Waals surface area contributed by atoms with E-state index in [1.54, 1.807) is 37.3 Å². The molecule has 2 aromatic carbocycles. The molecule has 0 aliphatic carbocycles. The number of rotatable bonds is 7. The number of nitro groups is 1. The van der Waals surface area contributed by atoms with Crippen molar-refractivity contribution in [3.05, 3.63) is 75.8 Å². The zero-order valence-corrected chi connectivity index (χ0v) is 13.6. The highest BCUT2D eigenvalue weighted by Crippen LogP contribution is 2.26. The molecule has 0 aliphatic rings. The minimum absolute atomic E-state index is 0.0706. The zero-order valence-electron chi connectivity index (χ0n) is 13.6. The molecule has 2 aromatic rings. The highest BCUT2D eigenvalue weighted by Gasteiger charge is 2.30. The van der Waals surface area contributed by atoms with E-state index in [4.69, 9.17) is 0 Å². The number of nitrogens with one attached hydrogen (secondary N) is 1. The molecule has 0 radical (unpaired) electrons. The van der Waals surface area contributed by atoms with E-state index < -0.39 is 28.8 Å². The summed E-state index contributed by atoms with van der Waals surface area (Å²) in [7, 11) is 0. The molecule has 0 saturated heterocycles. The Morgan fingerprint density at radius 3 is 2.20 bits per heavy atom. The van der Waals surface area contributed by atoms with Gasteiger partial charge in [0, 0.05) is 23.6 Å². The van der Waals surface area contributed by atoms with Crippen LogP contribution in [0.1, 0.15) is 35.2 Å². The Bertz CT molecular complexity index is 759. The van der Waals surface area contributed by atoms with Gasteiger partial charge < -0.3 is 10.4 Å². The van der Waals surface area contributed by atoms with Crippen LogP contribution in [0.5, 0.6) is 0 Å². The number of hydrogen-bond acceptors (Lipinski definition) is 4. The smallest absolute Gasteiger partial charge is 0.326 e. The molecule has 7 heteroatoms. The number of carbonyl (C=O) groups is 2. The van der Waals surface area contributed by atoms with Crippen LogP contribution in [0.2, 0.25) is 0 Å². The second-order valence-electron chi connectivity index (χ2n) is 5.52. The van der Waals surface area contributed by atoms with Gasteiger partial charge in [-0.1, -0.05) is 37.3 Å². The SMILES string of the molecule is CCC(c1ccc([N+](=O)[O-])cc1)C(NC(=O)c1ccccc1)C(=O)O. The fourth-order valence-corrected chi connectivity index (χ4v) is 2.66. The van der Waals surface area contributed by atoms with E-state index in [0.717, 1.165) is 0 Å². The monoisotopic (exact) mass is 342 g/mol. The number of carbonyl (C=O) groups excluding carboxylic acids is 1. The van der Waals surface area contributed by atoms with Crippen LogP contribution in [0.3, 0.4) is 0 Å². The minimum Gasteiger partial charge on any atom is -0.480 e. The largest absolute Gasteiger partial charge is 0.480 e. The third kappa shape index (κ3) is 4.41. The number of nitro benzene ring substituents is 1. The van der Waals surface area contributed by atoms with Crippen LogP contribution < -0.4 is 5.32 Å². The molecule has 0 spiro atoms. The lowest BCUT2D eigenvalue weighted by atomic mass is 9.88. The fraction of sp³-hybridized carbons (Fsp3) is 0.222. The normalized spacial score (nSPS) is 12.8. The van der Waals surface area contributed by atoms with E-state index in [2.05, 4.69) is 5.32 Å². The number of non-ortho nitro benzene ring substituents is 1. The summed E-state index contributed by atoms with van der Waals surface area (Å²) in [4.78, 5) is 34.2. The lowest BCUT2D eigenvalue weighted by Gasteiger charge is -2.24. The van der Waals surface area contributed by atoms with Crippen LogP contribution in [0, 0.1) is 10.1 Å². The molecular weight excluding hydrogens is 324 g/mol. The first kappa shape index (κ1) is 18.1. The first-order valence-corrected chi connectivity index (χ1v) is 7.77. The van der Waals surface area contributed by atoms with Gasteiger partial charge in [-0.3, -0.25) is 14.9 Å². The van der Waals surface area contributed by atoms with Gasteiger partial charge in [0.25, 0.3) is 11.6 Å². The number of benzene rings is 2. The predicted octanol–water partition coefficient (Wildman–Crippen LogP) is 2.97. The van der Waals surface area contributed by atoms with Gasteiger partial charge in [-0.05, 0) is 24.1 Å². The van der Waals surface area contributed by atoms with Crippen molar-refractivity contribution in [2.45, 2.75) is 25.3 Å². The van der Waals surface area contributed by atoms with Gasteiger partial charge in [0.1, 0.15) is 6.04 Å². The molecule has 0 heterocycles. The molecule has 0 saturated carbocycles. The van der Waals surface area contributed by atoms with Gasteiger partial charge in [-0.2, -0.15) is 0 Å². The Labute approximate surface area is 144 Å². The second-order valence-corrected chi connectivity index (χ2v) is 5.52. The van der Waals surface area contributed by atoms with E-state index in [1.165, 1.54) is 24.3 Å². The van der Waals surface area contributed by atoms with Crippen LogP contribution >= 0.6 is 0 Å². The van der Waals surface area contributed by atoms with E-state index >= 15 is 0 Å². The van der Waals surface area contributed by atoms with Gasteiger partial charge >= 0.3 is 5.97 Å². The summed E-state index contributed by atoms with van der Waals surface area (Å²) in [6.45, 7) is 1.80. The fourth-order valence-electron chi connectivity index (χ4n) is 2.66. The third-order valence-corrected chi connectivity index (χ3v) is 3.96. The number of aliphatic carboxylic acids is 1. The zero-order chi connectivity index (χ0) is 18.4. The number of amides is 1. The molecule has 0 aliphatic heterocycles. The summed E-state index contributed by atoms with van der Waals surface area (Å²) in [5.41, 5.74) is 0.917. The molecule has 1 amide bonds. The summed E-state index contributed by atoms with van der Waals surface area (Å²) < 4.78 is 0. The summed E-state index contributed by atoms with van der Waals surface area (Å²) in [5, 5.41) is 22.8. The maximum Gasteiger partial charge on any atom is 0.326 e. The summed E-state index contributed by atoms with van der Waals surface area (Å²) in [6, 6.07) is 12.9. The summed E-state index contributed by atoms with van der Waals surface area (Å²) in [5.74, 6) is -2.14. The Morgan fingerprint density at radius 1 is 1.12 bits per heavy atom. The van der Waals surface area contributed by atoms with Gasteiger partial charge in [-0.15, -0.1) is 0 Å². The number of carboxylic acid groups (broad SMARTS) is 1. The molecule has 2 N–H and O–H groups in total. The van der Waals surface area contributed by atoms with Crippen molar-refractivity contribution in [1.82, 2.24) is 5.32 Å². The van der Waals surface area contributed by atoms with Gasteiger partial charge in [-0.25, -0.2) is 4.79 Å². The highest BCUT2D eigenvalue weighted by molar-refractivity contribution is 5.96. The average Bonchev–Trinajstić information content (AvgIpc) is 2.62. The minimum atomic E-state index is -1.16. The van der Waals surface area contributed by atoms with Gasteiger partial charge in [0.15, 0.2) is 0 Å². The quantitative estimate of drug-likeness (QED) is 0.594. The maximum atomic E-state index is 12.3. The number of hydrogen-bond donors (Lipinski definition) is 2. The van der Waals surface area contributed by atoms with Crippen molar-refractivity contribution in [2.75, 3.05) is 0 Å². The van der Waals surface area contributed by atoms with Crippen molar-refractivity contribution in [2.24, 2.45) is 0 Å². The second kappa shape index (κ2) is 8.05. The first-order chi connectivity index (χ1) is 11.9. The van der Waals surface area contributed by atoms with E-state index in [0.29, 0.717) is 17.5 Å². The van der Waals surface area contributed by atoms with Crippen LogP contribution in [0.15, 0.2) is 54.6 Å². The number of carboxylic acids is 1. The summed E-state index contributed by atoms with van der Waals surface area (Å²) in [6.07, 6.45) is 0.448. The molecule has 25 heavy (non-hydrogen) atoms. The highest BCUT2D eigenvalue weighted by atomic mass is 16.6. The Hall–Kier alpha value is -3.22. The van der Waals surface area contributed by atoms with Crippen molar-refractivity contribution in [1.29, 1.82) is 0 Å². The van der Waals surface area contributed by atoms with Crippen LogP contribution in [-0.2, 0) is 4.79 Å². The van der Waals surface area contributed by atoms with E-state index in [9.17, 15) is 24.8 Å². The van der Waals surface area contributed by atoms with Gasteiger partial charge in [0.2, 0.25) is 0 Å². The van der Waals surface area contributed by atoms with Crippen molar-refractivity contribution in [3.63, 3.8) is 0 Å². The molecule has 0 bridgehead atoms. The molecule has 7 nitrogen and oxygen atoms in total. The molecule has 0 aromatic heterocycles. The Morgan fingerprint density at radius 2 is 1.72 bits per heavy atom. The van der Waals surface area contributed by atoms with Crippen LogP contribution in [0.25, 0.3) is 0 Å². The van der Waals surface area contributed by atoms with Gasteiger partial charge in [0.05, 0.1) is 4.92 Å². The van der Waals surface area contributed by atoms with E-state index in [1.807, 2.05) is 0 Å². The van der Waals surface area contributed by atoms with Crippen molar-refractivity contribution in [3.8, 4) is 0 Å². The lowest BCUT2D eigenvalue weighted by molar-refractivity contribution is -0.384. The lowest BCUT2D eigenvalue weighted by Crippen LogP contribution is -2.44. The molecule has 0 fully saturated rings. The average molecular weight is 342 g/mol. The molecule has 2 rings (SSSR count). The molecule has 130 valence electrons. The molecule has 2 atom stereocenters. The standard InChI is InChI=1S/C18H18N2O5/c1-2-15(12-8-10-14(11-9-12)20(24)25)16(18(22)23)19-17(21)13-6-4-3-5-7-13/h3-11,15-16H,2H2,1H3,(H,19,21)(H,22,23). The first-order valence-electron chi connectivity index (χ1n) is 7.77. The predicted molar refractivity (Wildman–Crippen MR) is 91.5 cm³/mol.